The van der Waals surface area contributed by atoms with Gasteiger partial charge >= 0.3 is 6.03 Å². The number of hydrazone groups is 1. The highest BCUT2D eigenvalue weighted by atomic mass is 79.9. The Kier molecular flexibility index (Phi) is 6.14. The molecule has 6 nitrogen and oxygen atoms in total. The summed E-state index contributed by atoms with van der Waals surface area (Å²) in [5.41, 5.74) is 7.76. The summed E-state index contributed by atoms with van der Waals surface area (Å²) >= 11 is 3.40. The molecule has 0 saturated heterocycles. The Bertz CT molecular complexity index is 478. The molecule has 0 aliphatic rings. The van der Waals surface area contributed by atoms with Gasteiger partial charge in [-0.05, 0) is 34.5 Å². The van der Waals surface area contributed by atoms with E-state index in [0.717, 1.165) is 16.5 Å². The van der Waals surface area contributed by atoms with Gasteiger partial charge in [-0.1, -0.05) is 6.92 Å². The Balaban J connectivity index is 2.95. The Morgan fingerprint density at radius 3 is 2.84 bits per heavy atom. The SMILES string of the molecule is CCCOc1cc(Br)c(C=NNC(N)=O)cc1OC. The smallest absolute Gasteiger partial charge is 0.332 e. The molecule has 3 N–H and O–H groups in total. The van der Waals surface area contributed by atoms with Crippen LogP contribution < -0.4 is 20.6 Å². The highest BCUT2D eigenvalue weighted by Gasteiger charge is 2.09. The molecule has 1 aromatic carbocycles. The fraction of sp³-hybridized carbons (Fsp3) is 0.333. The van der Waals surface area contributed by atoms with Gasteiger partial charge in [-0.15, -0.1) is 0 Å². The molecule has 0 bridgehead atoms. The minimum absolute atomic E-state index is 0.595. The number of rotatable bonds is 6. The second-order valence-electron chi connectivity index (χ2n) is 3.61. The number of hydrogen-bond acceptors (Lipinski definition) is 4. The molecule has 0 saturated carbocycles. The van der Waals surface area contributed by atoms with Gasteiger partial charge in [0.05, 0.1) is 19.9 Å². The molecule has 0 aliphatic heterocycles. The molecule has 0 aromatic heterocycles. The number of nitrogens with zero attached hydrogens (tertiary/aromatic N) is 1. The van der Waals surface area contributed by atoms with Crippen LogP contribution in [0.1, 0.15) is 18.9 Å². The number of nitrogens with two attached hydrogens (primary N) is 1. The van der Waals surface area contributed by atoms with Crippen LogP contribution in [0.3, 0.4) is 0 Å². The largest absolute Gasteiger partial charge is 0.493 e. The zero-order chi connectivity index (χ0) is 14.3. The number of hydrogen-bond donors (Lipinski definition) is 2. The lowest BCUT2D eigenvalue weighted by Crippen LogP contribution is -2.24. The second kappa shape index (κ2) is 7.63. The standard InChI is InChI=1S/C12H16BrN3O3/c1-3-4-19-11-6-9(13)8(5-10(11)18-2)7-15-16-12(14)17/h5-7H,3-4H2,1-2H3,(H3,14,16,17). The van der Waals surface area contributed by atoms with Crippen LogP contribution in [0, 0.1) is 0 Å². The van der Waals surface area contributed by atoms with E-state index in [1.165, 1.54) is 6.21 Å². The first kappa shape index (κ1) is 15.3. The fourth-order valence-electron chi connectivity index (χ4n) is 1.30. The quantitative estimate of drug-likeness (QED) is 0.620. The number of nitrogens with one attached hydrogen (secondary N) is 1. The van der Waals surface area contributed by atoms with Crippen LogP contribution in [0.4, 0.5) is 4.79 Å². The zero-order valence-electron chi connectivity index (χ0n) is 10.8. The molecular formula is C12H16BrN3O3. The third-order valence-electron chi connectivity index (χ3n) is 2.12. The van der Waals surface area contributed by atoms with Gasteiger partial charge in [0.2, 0.25) is 0 Å². The Hall–Kier alpha value is -1.76. The van der Waals surface area contributed by atoms with Gasteiger partial charge in [-0.2, -0.15) is 5.10 Å². The minimum atomic E-state index is -0.720. The van der Waals surface area contributed by atoms with E-state index in [1.54, 1.807) is 19.2 Å². The summed E-state index contributed by atoms with van der Waals surface area (Å²) in [5, 5.41) is 3.69. The van der Waals surface area contributed by atoms with Crippen LogP contribution in [-0.4, -0.2) is 26.0 Å². The maximum atomic E-state index is 10.5. The first-order valence-electron chi connectivity index (χ1n) is 5.67. The minimum Gasteiger partial charge on any atom is -0.493 e. The maximum absolute atomic E-state index is 10.5. The lowest BCUT2D eigenvalue weighted by molar-refractivity contribution is 0.249. The molecule has 104 valence electrons. The highest BCUT2D eigenvalue weighted by Crippen LogP contribution is 2.32. The Morgan fingerprint density at radius 1 is 1.53 bits per heavy atom. The molecule has 0 spiro atoms. The predicted molar refractivity (Wildman–Crippen MR) is 76.8 cm³/mol. The van der Waals surface area contributed by atoms with E-state index in [4.69, 9.17) is 15.2 Å². The molecule has 0 radical (unpaired) electrons. The van der Waals surface area contributed by atoms with E-state index in [-0.39, 0.29) is 0 Å². The van der Waals surface area contributed by atoms with Gasteiger partial charge in [0.15, 0.2) is 11.5 Å². The van der Waals surface area contributed by atoms with Crippen LogP contribution in [-0.2, 0) is 0 Å². The molecule has 0 atom stereocenters. The van der Waals surface area contributed by atoms with Crippen molar-refractivity contribution in [1.29, 1.82) is 0 Å². The summed E-state index contributed by atoms with van der Waals surface area (Å²) in [6.07, 6.45) is 2.37. The number of urea groups is 1. The van der Waals surface area contributed by atoms with Crippen molar-refractivity contribution in [2.75, 3.05) is 13.7 Å². The average molecular weight is 330 g/mol. The molecule has 0 heterocycles. The van der Waals surface area contributed by atoms with Crippen molar-refractivity contribution in [3.8, 4) is 11.5 Å². The third-order valence-corrected chi connectivity index (χ3v) is 2.81. The number of carbonyl (C=O) groups excluding carboxylic acids is 1. The Morgan fingerprint density at radius 2 is 2.26 bits per heavy atom. The molecule has 0 aliphatic carbocycles. The average Bonchev–Trinajstić information content (AvgIpc) is 2.38. The molecule has 1 rings (SSSR count). The number of halogens is 1. The first-order valence-corrected chi connectivity index (χ1v) is 6.46. The molecule has 0 fully saturated rings. The second-order valence-corrected chi connectivity index (χ2v) is 4.46. The topological polar surface area (TPSA) is 85.9 Å². The van der Waals surface area contributed by atoms with Gasteiger partial charge in [-0.25, -0.2) is 10.2 Å². The molecule has 0 unspecified atom stereocenters. The van der Waals surface area contributed by atoms with Crippen molar-refractivity contribution in [3.05, 3.63) is 22.2 Å². The number of amides is 2. The van der Waals surface area contributed by atoms with Gasteiger partial charge < -0.3 is 15.2 Å². The van der Waals surface area contributed by atoms with E-state index in [1.807, 2.05) is 6.92 Å². The molecule has 7 heteroatoms. The lowest BCUT2D eigenvalue weighted by atomic mass is 10.2. The number of carbonyl (C=O) groups is 1. The molecule has 19 heavy (non-hydrogen) atoms. The summed E-state index contributed by atoms with van der Waals surface area (Å²) in [4.78, 5) is 10.5. The fourth-order valence-corrected chi connectivity index (χ4v) is 1.72. The van der Waals surface area contributed by atoms with Gasteiger partial charge in [0.1, 0.15) is 0 Å². The number of primary amides is 1. The Labute approximate surface area is 120 Å². The van der Waals surface area contributed by atoms with Crippen LogP contribution in [0.2, 0.25) is 0 Å². The van der Waals surface area contributed by atoms with Crippen molar-refractivity contribution >= 4 is 28.2 Å². The van der Waals surface area contributed by atoms with Gasteiger partial charge in [0, 0.05) is 10.0 Å². The van der Waals surface area contributed by atoms with Crippen molar-refractivity contribution in [2.24, 2.45) is 10.8 Å². The summed E-state index contributed by atoms with van der Waals surface area (Å²) in [7, 11) is 1.56. The monoisotopic (exact) mass is 329 g/mol. The first-order chi connectivity index (χ1) is 9.08. The summed E-state index contributed by atoms with van der Waals surface area (Å²) in [6, 6.07) is 2.82. The summed E-state index contributed by atoms with van der Waals surface area (Å²) in [6.45, 7) is 2.64. The van der Waals surface area contributed by atoms with E-state index in [2.05, 4.69) is 26.5 Å². The van der Waals surface area contributed by atoms with Crippen molar-refractivity contribution < 1.29 is 14.3 Å². The van der Waals surface area contributed by atoms with Crippen LogP contribution in [0.15, 0.2) is 21.7 Å². The van der Waals surface area contributed by atoms with E-state index in [0.29, 0.717) is 18.1 Å². The van der Waals surface area contributed by atoms with Crippen LogP contribution in [0.25, 0.3) is 0 Å². The normalized spacial score (nSPS) is 10.5. The van der Waals surface area contributed by atoms with E-state index in [9.17, 15) is 4.79 Å². The van der Waals surface area contributed by atoms with E-state index >= 15 is 0 Å². The molecular weight excluding hydrogens is 314 g/mol. The number of methoxy groups -OCH3 is 1. The third kappa shape index (κ3) is 4.78. The van der Waals surface area contributed by atoms with Crippen molar-refractivity contribution in [1.82, 2.24) is 5.43 Å². The van der Waals surface area contributed by atoms with Gasteiger partial charge in [0.25, 0.3) is 0 Å². The van der Waals surface area contributed by atoms with Crippen LogP contribution in [0.5, 0.6) is 11.5 Å². The summed E-state index contributed by atoms with van der Waals surface area (Å²) < 4.78 is 11.6. The predicted octanol–water partition coefficient (Wildman–Crippen LogP) is 2.25. The summed E-state index contributed by atoms with van der Waals surface area (Å²) in [5.74, 6) is 1.24. The van der Waals surface area contributed by atoms with Gasteiger partial charge in [-0.3, -0.25) is 0 Å². The van der Waals surface area contributed by atoms with Crippen molar-refractivity contribution in [3.63, 3.8) is 0 Å². The molecule has 1 aromatic rings. The van der Waals surface area contributed by atoms with E-state index < -0.39 is 6.03 Å². The zero-order valence-corrected chi connectivity index (χ0v) is 12.4. The van der Waals surface area contributed by atoms with Crippen molar-refractivity contribution in [2.45, 2.75) is 13.3 Å². The number of ether oxygens (including phenoxy) is 2. The number of benzene rings is 1. The molecule has 2 amide bonds. The van der Waals surface area contributed by atoms with Crippen LogP contribution >= 0.6 is 15.9 Å². The maximum Gasteiger partial charge on any atom is 0.332 e. The highest BCUT2D eigenvalue weighted by molar-refractivity contribution is 9.10. The lowest BCUT2D eigenvalue weighted by Gasteiger charge is -2.11.